The molecule has 1 saturated carbocycles. The highest BCUT2D eigenvalue weighted by molar-refractivity contribution is 7.89. The quantitative estimate of drug-likeness (QED) is 0.170. The normalized spacial score (nSPS) is 19.4. The maximum Gasteiger partial charge on any atom is 0.344 e. The first-order valence-corrected chi connectivity index (χ1v) is 17.8. The molecule has 5 rings (SSSR count). The number of nitrogens with zero attached hydrogens (tertiary/aromatic N) is 3. The van der Waals surface area contributed by atoms with Gasteiger partial charge < -0.3 is 31.2 Å². The van der Waals surface area contributed by atoms with Gasteiger partial charge in [-0.2, -0.15) is 0 Å². The van der Waals surface area contributed by atoms with Gasteiger partial charge in [0.1, 0.15) is 12.4 Å². The van der Waals surface area contributed by atoms with Crippen LogP contribution in [0.5, 0.6) is 0 Å². The maximum absolute atomic E-state index is 13.4. The minimum absolute atomic E-state index is 0.0842. The summed E-state index contributed by atoms with van der Waals surface area (Å²) in [5.41, 5.74) is 11.0. The molecular formula is C30H40ClN9O8S. The van der Waals surface area contributed by atoms with E-state index in [1.54, 1.807) is 4.90 Å². The number of piperidine rings is 1. The first kappa shape index (κ1) is 36.2. The van der Waals surface area contributed by atoms with Crippen molar-refractivity contribution < 1.29 is 37.1 Å². The predicted octanol–water partition coefficient (Wildman–Crippen LogP) is 0.263. The van der Waals surface area contributed by atoms with E-state index in [4.69, 9.17) is 32.5 Å². The molecule has 3 fully saturated rings. The Hall–Kier alpha value is -4.10. The SMILES string of the molecule is Nc1nc(N)c(C(=O)NC2NCC3(CCN(C(=O)c4cccc(S(=O)(=O)NCCC(=O)OCC(=O)OC5CCCCC5)c4)CC3)N2)nc1Cl. The fraction of sp³-hybridized carbons (Fsp3) is 0.533. The molecule has 1 atom stereocenters. The Labute approximate surface area is 288 Å². The van der Waals surface area contributed by atoms with Crippen molar-refractivity contribution >= 4 is 57.0 Å². The smallest absolute Gasteiger partial charge is 0.344 e. The number of hydrogen-bond donors (Lipinski definition) is 6. The number of rotatable bonds is 11. The molecule has 2 aliphatic heterocycles. The molecule has 1 aromatic carbocycles. The maximum atomic E-state index is 13.4. The van der Waals surface area contributed by atoms with Crippen LogP contribution in [-0.4, -0.2) is 97.8 Å². The second-order valence-electron chi connectivity index (χ2n) is 12.2. The molecule has 2 saturated heterocycles. The second kappa shape index (κ2) is 15.6. The van der Waals surface area contributed by atoms with Gasteiger partial charge in [-0.1, -0.05) is 24.1 Å². The highest BCUT2D eigenvalue weighted by Crippen LogP contribution is 2.27. The number of carbonyl (C=O) groups excluding carboxylic acids is 4. The fourth-order valence-electron chi connectivity index (χ4n) is 6.02. The van der Waals surface area contributed by atoms with Crippen molar-refractivity contribution in [3.63, 3.8) is 0 Å². The van der Waals surface area contributed by atoms with Gasteiger partial charge >= 0.3 is 11.9 Å². The Morgan fingerprint density at radius 1 is 1.04 bits per heavy atom. The number of sulfonamides is 1. The lowest BCUT2D eigenvalue weighted by molar-refractivity contribution is -0.163. The van der Waals surface area contributed by atoms with Gasteiger partial charge in [0.25, 0.3) is 11.8 Å². The number of anilines is 2. The van der Waals surface area contributed by atoms with E-state index in [0.717, 1.165) is 32.1 Å². The van der Waals surface area contributed by atoms with E-state index in [1.165, 1.54) is 24.3 Å². The molecule has 49 heavy (non-hydrogen) atoms. The van der Waals surface area contributed by atoms with Crippen LogP contribution >= 0.6 is 11.6 Å². The summed E-state index contributed by atoms with van der Waals surface area (Å²) in [4.78, 5) is 59.4. The summed E-state index contributed by atoms with van der Waals surface area (Å²) in [7, 11) is -4.06. The number of benzene rings is 1. The average molecular weight is 722 g/mol. The van der Waals surface area contributed by atoms with Gasteiger partial charge in [0.15, 0.2) is 29.1 Å². The molecule has 2 aromatic rings. The van der Waals surface area contributed by atoms with Crippen LogP contribution in [0, 0.1) is 0 Å². The van der Waals surface area contributed by atoms with Gasteiger partial charge in [-0.15, -0.1) is 0 Å². The number of ether oxygens (including phenoxy) is 2. The van der Waals surface area contributed by atoms with Crippen molar-refractivity contribution in [2.45, 2.75) is 74.2 Å². The lowest BCUT2D eigenvalue weighted by Crippen LogP contribution is -2.57. The third kappa shape index (κ3) is 9.33. The van der Waals surface area contributed by atoms with Crippen molar-refractivity contribution in [3.8, 4) is 0 Å². The third-order valence-electron chi connectivity index (χ3n) is 8.71. The minimum atomic E-state index is -4.06. The van der Waals surface area contributed by atoms with E-state index in [0.29, 0.717) is 32.5 Å². The second-order valence-corrected chi connectivity index (χ2v) is 14.3. The summed E-state index contributed by atoms with van der Waals surface area (Å²) in [5, 5.41) is 9.18. The van der Waals surface area contributed by atoms with E-state index in [2.05, 4.69) is 30.6 Å². The summed E-state index contributed by atoms with van der Waals surface area (Å²) in [6, 6.07) is 5.65. The fourth-order valence-corrected chi connectivity index (χ4v) is 7.23. The van der Waals surface area contributed by atoms with Crippen LogP contribution in [0.4, 0.5) is 11.6 Å². The van der Waals surface area contributed by atoms with Crippen LogP contribution in [0.25, 0.3) is 0 Å². The van der Waals surface area contributed by atoms with Crippen molar-refractivity contribution in [1.29, 1.82) is 0 Å². The van der Waals surface area contributed by atoms with Crippen LogP contribution in [0.15, 0.2) is 29.2 Å². The van der Waals surface area contributed by atoms with Crippen molar-refractivity contribution in [3.05, 3.63) is 40.7 Å². The van der Waals surface area contributed by atoms with E-state index < -0.39 is 46.3 Å². The number of nitrogens with two attached hydrogens (primary N) is 2. The Balaban J connectivity index is 1.06. The summed E-state index contributed by atoms with van der Waals surface area (Å²) in [6.07, 6.45) is 4.74. The van der Waals surface area contributed by atoms with Gasteiger partial charge in [0, 0.05) is 37.3 Å². The molecule has 266 valence electrons. The molecular weight excluding hydrogens is 682 g/mol. The molecule has 1 aliphatic carbocycles. The van der Waals surface area contributed by atoms with Crippen LogP contribution in [0.2, 0.25) is 5.15 Å². The number of nitrogen functional groups attached to an aromatic ring is 2. The number of halogens is 1. The highest BCUT2D eigenvalue weighted by atomic mass is 35.5. The molecule has 0 radical (unpaired) electrons. The molecule has 19 heteroatoms. The topological polar surface area (TPSA) is 250 Å². The highest BCUT2D eigenvalue weighted by Gasteiger charge is 2.42. The van der Waals surface area contributed by atoms with E-state index in [-0.39, 0.29) is 57.9 Å². The molecule has 3 aliphatic rings. The van der Waals surface area contributed by atoms with E-state index in [9.17, 15) is 27.6 Å². The monoisotopic (exact) mass is 721 g/mol. The summed E-state index contributed by atoms with van der Waals surface area (Å²) in [5.74, 6) is -2.55. The number of esters is 2. The zero-order chi connectivity index (χ0) is 35.2. The van der Waals surface area contributed by atoms with Crippen LogP contribution in [-0.2, 0) is 29.1 Å². The van der Waals surface area contributed by atoms with Crippen LogP contribution in [0.3, 0.4) is 0 Å². The zero-order valence-electron chi connectivity index (χ0n) is 26.7. The Morgan fingerprint density at radius 3 is 2.51 bits per heavy atom. The average Bonchev–Trinajstić information content (AvgIpc) is 3.47. The molecule has 0 bridgehead atoms. The Bertz CT molecular complexity index is 1680. The standard InChI is InChI=1S/C30H40ClN9O8S/c31-24-26(33)37-25(32)23(36-24)27(43)38-29-34-17-30(39-29)10-13-40(14-11-30)28(44)18-5-4-8-20(15-18)49(45,46)35-12-9-21(41)47-16-22(42)48-19-6-2-1-3-7-19/h4-5,8,15,19,29,34-35,39H,1-3,6-7,9-14,16-17H2,(H,38,43)(H4,32,33,37). The molecule has 2 amide bonds. The molecule has 1 spiro atoms. The summed E-state index contributed by atoms with van der Waals surface area (Å²) >= 11 is 5.89. The number of aromatic nitrogens is 2. The molecule has 1 aromatic heterocycles. The number of hydrogen-bond acceptors (Lipinski definition) is 14. The van der Waals surface area contributed by atoms with Gasteiger partial charge in [0.05, 0.1) is 11.3 Å². The van der Waals surface area contributed by atoms with Gasteiger partial charge in [-0.25, -0.2) is 27.9 Å². The van der Waals surface area contributed by atoms with Gasteiger partial charge in [-0.3, -0.25) is 25.0 Å². The predicted molar refractivity (Wildman–Crippen MR) is 176 cm³/mol. The van der Waals surface area contributed by atoms with Crippen molar-refractivity contribution in [2.75, 3.05) is 44.3 Å². The summed E-state index contributed by atoms with van der Waals surface area (Å²) < 4.78 is 38.4. The minimum Gasteiger partial charge on any atom is -0.460 e. The number of likely N-dealkylation sites (tertiary alicyclic amines) is 1. The first-order valence-electron chi connectivity index (χ1n) is 16.0. The largest absolute Gasteiger partial charge is 0.460 e. The number of carbonyl (C=O) groups is 4. The van der Waals surface area contributed by atoms with Crippen molar-refractivity contribution in [2.24, 2.45) is 0 Å². The summed E-state index contributed by atoms with van der Waals surface area (Å²) in [6.45, 7) is 0.486. The first-order chi connectivity index (χ1) is 23.3. The molecule has 17 nitrogen and oxygen atoms in total. The Kier molecular flexibility index (Phi) is 11.5. The lowest BCUT2D eigenvalue weighted by atomic mass is 9.88. The van der Waals surface area contributed by atoms with E-state index in [1.807, 2.05) is 0 Å². The Morgan fingerprint density at radius 2 is 1.78 bits per heavy atom. The molecule has 8 N–H and O–H groups in total. The van der Waals surface area contributed by atoms with Gasteiger partial charge in [0.2, 0.25) is 10.0 Å². The molecule has 1 unspecified atom stereocenters. The number of amides is 2. The zero-order valence-corrected chi connectivity index (χ0v) is 28.3. The van der Waals surface area contributed by atoms with Crippen LogP contribution < -0.4 is 32.1 Å². The molecule has 3 heterocycles. The van der Waals surface area contributed by atoms with Crippen molar-refractivity contribution in [1.82, 2.24) is 35.5 Å². The number of nitrogens with one attached hydrogen (secondary N) is 4. The third-order valence-corrected chi connectivity index (χ3v) is 10.4. The lowest BCUT2D eigenvalue weighted by Gasteiger charge is -2.39. The van der Waals surface area contributed by atoms with Crippen LogP contribution in [0.1, 0.15) is 72.2 Å². The van der Waals surface area contributed by atoms with E-state index >= 15 is 0 Å². The van der Waals surface area contributed by atoms with Gasteiger partial charge in [-0.05, 0) is 56.7 Å².